The third kappa shape index (κ3) is 6.25. The fourth-order valence-electron chi connectivity index (χ4n) is 1.60. The Bertz CT molecular complexity index is 287. The Hall–Kier alpha value is -0.770. The first-order valence-electron chi connectivity index (χ1n) is 6.64. The summed E-state index contributed by atoms with van der Waals surface area (Å²) in [7, 11) is 3.77. The summed E-state index contributed by atoms with van der Waals surface area (Å²) in [6, 6.07) is 0. The molecule has 1 unspecified atom stereocenters. The summed E-state index contributed by atoms with van der Waals surface area (Å²) in [5.74, 6) is -2.92. The number of hydrogen-bond acceptors (Lipinski definition) is 8. The molecular weight excluding hydrogens is 284 g/mol. The van der Waals surface area contributed by atoms with Crippen molar-refractivity contribution in [2.75, 3.05) is 21.3 Å². The highest BCUT2D eigenvalue weighted by Crippen LogP contribution is 2.29. The lowest BCUT2D eigenvalue weighted by molar-refractivity contribution is -0.520. The van der Waals surface area contributed by atoms with Gasteiger partial charge < -0.3 is 4.74 Å². The number of carbonyl (C=O) groups excluding carboxylic acids is 1. The van der Waals surface area contributed by atoms with Crippen LogP contribution in [0.2, 0.25) is 0 Å². The van der Waals surface area contributed by atoms with Crippen molar-refractivity contribution >= 4 is 5.97 Å². The molecule has 0 aromatic carbocycles. The maximum absolute atomic E-state index is 12.5. The largest absolute Gasteiger partial charge is 0.456 e. The van der Waals surface area contributed by atoms with Crippen LogP contribution in [0.4, 0.5) is 0 Å². The highest BCUT2D eigenvalue weighted by molar-refractivity contribution is 5.79. The molecule has 8 nitrogen and oxygen atoms in total. The van der Waals surface area contributed by atoms with Gasteiger partial charge >= 0.3 is 11.8 Å². The maximum Gasteiger partial charge on any atom is 0.376 e. The van der Waals surface area contributed by atoms with Crippen LogP contribution in [0.3, 0.4) is 0 Å². The summed E-state index contributed by atoms with van der Waals surface area (Å²) >= 11 is 0. The van der Waals surface area contributed by atoms with Crippen molar-refractivity contribution in [2.24, 2.45) is 0 Å². The van der Waals surface area contributed by atoms with Crippen molar-refractivity contribution in [3.8, 4) is 0 Å². The van der Waals surface area contributed by atoms with E-state index in [2.05, 4.69) is 14.7 Å². The van der Waals surface area contributed by atoms with Gasteiger partial charge in [0.15, 0.2) is 6.10 Å². The van der Waals surface area contributed by atoms with E-state index in [9.17, 15) is 4.79 Å². The van der Waals surface area contributed by atoms with E-state index < -0.39 is 23.5 Å². The summed E-state index contributed by atoms with van der Waals surface area (Å²) < 4.78 is 5.30. The summed E-state index contributed by atoms with van der Waals surface area (Å²) in [5.41, 5.74) is -0.764. The lowest BCUT2D eigenvalue weighted by Gasteiger charge is -2.34. The lowest BCUT2D eigenvalue weighted by Crippen LogP contribution is -2.57. The van der Waals surface area contributed by atoms with Crippen LogP contribution in [0.15, 0.2) is 0 Å². The van der Waals surface area contributed by atoms with Crippen LogP contribution in [0.1, 0.15) is 40.5 Å². The van der Waals surface area contributed by atoms with E-state index in [0.717, 1.165) is 0 Å². The van der Waals surface area contributed by atoms with Crippen molar-refractivity contribution in [1.29, 1.82) is 0 Å². The number of rotatable bonds is 10. The highest BCUT2D eigenvalue weighted by Gasteiger charge is 2.55. The quantitative estimate of drug-likeness (QED) is 0.262. The van der Waals surface area contributed by atoms with Gasteiger partial charge in [-0.3, -0.25) is 0 Å². The molecule has 0 bridgehead atoms. The fraction of sp³-hybridized carbons (Fsp3) is 0.923. The van der Waals surface area contributed by atoms with Gasteiger partial charge in [0.05, 0.1) is 21.3 Å². The molecule has 0 radical (unpaired) electrons. The van der Waals surface area contributed by atoms with Crippen molar-refractivity contribution in [1.82, 2.24) is 0 Å². The Morgan fingerprint density at radius 1 is 1.00 bits per heavy atom. The molecule has 21 heavy (non-hydrogen) atoms. The Kier molecular flexibility index (Phi) is 8.95. The fourth-order valence-corrected chi connectivity index (χ4v) is 1.60. The lowest BCUT2D eigenvalue weighted by atomic mass is 10.0. The van der Waals surface area contributed by atoms with Crippen LogP contribution in [0.25, 0.3) is 0 Å². The van der Waals surface area contributed by atoms with Gasteiger partial charge in [0.25, 0.3) is 0 Å². The Morgan fingerprint density at radius 3 is 1.86 bits per heavy atom. The van der Waals surface area contributed by atoms with Crippen LogP contribution in [0.5, 0.6) is 0 Å². The maximum atomic E-state index is 12.5. The normalized spacial score (nSPS) is 14.0. The van der Waals surface area contributed by atoms with E-state index >= 15 is 0 Å². The van der Waals surface area contributed by atoms with Crippen molar-refractivity contribution in [3.63, 3.8) is 0 Å². The Balaban J connectivity index is 5.51. The number of esters is 1. The predicted octanol–water partition coefficient (Wildman–Crippen LogP) is 1.93. The van der Waals surface area contributed by atoms with Gasteiger partial charge in [-0.25, -0.2) is 24.3 Å². The van der Waals surface area contributed by atoms with E-state index in [1.54, 1.807) is 20.8 Å². The summed E-state index contributed by atoms with van der Waals surface area (Å²) in [6.45, 7) is 7.02. The Labute approximate surface area is 125 Å². The second-order valence-electron chi connectivity index (χ2n) is 5.21. The molecule has 1 atom stereocenters. The van der Waals surface area contributed by atoms with Gasteiger partial charge in [-0.05, 0) is 27.2 Å². The van der Waals surface area contributed by atoms with E-state index in [4.69, 9.17) is 19.4 Å². The third-order valence-electron chi connectivity index (χ3n) is 2.28. The first-order valence-corrected chi connectivity index (χ1v) is 6.64. The minimum Gasteiger partial charge on any atom is -0.456 e. The molecule has 8 heteroatoms. The topological polar surface area (TPSA) is 81.7 Å². The van der Waals surface area contributed by atoms with Crippen LogP contribution in [-0.2, 0) is 38.9 Å². The number of carbonyl (C=O) groups is 1. The van der Waals surface area contributed by atoms with E-state index in [-0.39, 0.29) is 0 Å². The number of hydrogen-bond donors (Lipinski definition) is 0. The highest BCUT2D eigenvalue weighted by atomic mass is 17.3. The monoisotopic (exact) mass is 310 g/mol. The summed E-state index contributed by atoms with van der Waals surface area (Å²) in [5, 5.41) is 0. The van der Waals surface area contributed by atoms with E-state index in [1.165, 1.54) is 21.3 Å². The summed E-state index contributed by atoms with van der Waals surface area (Å²) in [6.07, 6.45) is 0.0840. The Morgan fingerprint density at radius 2 is 1.52 bits per heavy atom. The van der Waals surface area contributed by atoms with E-state index in [1.807, 2.05) is 6.92 Å². The molecule has 0 aliphatic heterocycles. The molecular formula is C13H26O8. The molecule has 0 fully saturated rings. The van der Waals surface area contributed by atoms with Gasteiger partial charge in [-0.1, -0.05) is 13.3 Å². The number of ether oxygens (including phenoxy) is 1. The molecule has 0 aromatic heterocycles. The predicted molar refractivity (Wildman–Crippen MR) is 71.6 cm³/mol. The van der Waals surface area contributed by atoms with Gasteiger partial charge in [-0.15, -0.1) is 0 Å². The molecule has 0 aliphatic rings. The van der Waals surface area contributed by atoms with Crippen LogP contribution in [0, 0.1) is 0 Å². The minimum absolute atomic E-state index is 0.375. The molecule has 0 saturated heterocycles. The van der Waals surface area contributed by atoms with Gasteiger partial charge in [0, 0.05) is 0 Å². The van der Waals surface area contributed by atoms with Crippen LogP contribution >= 0.6 is 0 Å². The second kappa shape index (κ2) is 9.29. The van der Waals surface area contributed by atoms with Crippen LogP contribution < -0.4 is 0 Å². The van der Waals surface area contributed by atoms with Crippen LogP contribution in [-0.4, -0.2) is 44.8 Å². The first-order chi connectivity index (χ1) is 9.77. The molecule has 0 saturated carbocycles. The molecule has 0 amide bonds. The van der Waals surface area contributed by atoms with Crippen molar-refractivity contribution in [2.45, 2.75) is 58.0 Å². The molecule has 0 aliphatic carbocycles. The standard InChI is InChI=1S/C13H26O8/c1-8-9-10(19-15-5)13(20-16-6,21-17-7)11(14)18-12(2,3)4/h10H,8-9H2,1-7H3. The summed E-state index contributed by atoms with van der Waals surface area (Å²) in [4.78, 5) is 41.5. The average Bonchev–Trinajstić information content (AvgIpc) is 2.36. The molecule has 0 rings (SSSR count). The smallest absolute Gasteiger partial charge is 0.376 e. The second-order valence-corrected chi connectivity index (χ2v) is 5.21. The molecule has 0 heterocycles. The zero-order chi connectivity index (χ0) is 16.5. The zero-order valence-corrected chi connectivity index (χ0v) is 13.8. The van der Waals surface area contributed by atoms with Crippen molar-refractivity contribution in [3.05, 3.63) is 0 Å². The molecule has 0 aromatic rings. The molecule has 126 valence electrons. The van der Waals surface area contributed by atoms with E-state index in [0.29, 0.717) is 12.8 Å². The molecule has 0 N–H and O–H groups in total. The van der Waals surface area contributed by atoms with Gasteiger partial charge in [0.1, 0.15) is 5.60 Å². The average molecular weight is 310 g/mol. The van der Waals surface area contributed by atoms with Gasteiger partial charge in [-0.2, -0.15) is 9.78 Å². The van der Waals surface area contributed by atoms with Gasteiger partial charge in [0.2, 0.25) is 0 Å². The first kappa shape index (κ1) is 20.2. The minimum atomic E-state index is -2.07. The third-order valence-corrected chi connectivity index (χ3v) is 2.28. The molecule has 0 spiro atoms. The van der Waals surface area contributed by atoms with Crippen molar-refractivity contribution < 1.29 is 38.9 Å². The zero-order valence-electron chi connectivity index (χ0n) is 13.8. The SMILES string of the molecule is CCCC(OOC)C(OOC)(OOC)C(=O)OC(C)(C)C.